The summed E-state index contributed by atoms with van der Waals surface area (Å²) >= 11 is 0. The maximum atomic E-state index is 12.1. The molecule has 0 aromatic heterocycles. The van der Waals surface area contributed by atoms with Crippen LogP contribution in [-0.2, 0) is 0 Å². The highest BCUT2D eigenvalue weighted by atomic mass is 16.6. The van der Waals surface area contributed by atoms with E-state index in [-0.39, 0.29) is 23.0 Å². The molecule has 0 fully saturated rings. The zero-order valence-electron chi connectivity index (χ0n) is 11.7. The van der Waals surface area contributed by atoms with Crippen LogP contribution in [0.15, 0.2) is 48.5 Å². The van der Waals surface area contributed by atoms with Gasteiger partial charge < -0.3 is 9.84 Å². The molecule has 0 bridgehead atoms. The molecular weight excluding hydrogens is 286 g/mol. The van der Waals surface area contributed by atoms with Crippen molar-refractivity contribution in [2.75, 3.05) is 7.11 Å². The topological polar surface area (TPSA) is 89.7 Å². The quantitative estimate of drug-likeness (QED) is 0.396. The van der Waals surface area contributed by atoms with Crippen molar-refractivity contribution in [3.63, 3.8) is 0 Å². The largest absolute Gasteiger partial charge is 0.504 e. The van der Waals surface area contributed by atoms with Crippen LogP contribution in [0.3, 0.4) is 0 Å². The van der Waals surface area contributed by atoms with Gasteiger partial charge in [0.15, 0.2) is 17.3 Å². The Labute approximate surface area is 126 Å². The molecule has 1 N–H and O–H groups in total. The Bertz CT molecular complexity index is 752. The van der Waals surface area contributed by atoms with Gasteiger partial charge in [0.1, 0.15) is 0 Å². The Kier molecular flexibility index (Phi) is 4.53. The molecule has 0 heterocycles. The number of ketones is 1. The number of non-ortho nitro benzene ring substituents is 1. The van der Waals surface area contributed by atoms with Gasteiger partial charge in [-0.3, -0.25) is 14.9 Å². The molecule has 0 saturated heterocycles. The zero-order chi connectivity index (χ0) is 16.1. The standard InChI is InChI=1S/C16H13NO5/c1-22-16-10-12(6-8-15(16)19)14(18)7-5-11-3-2-4-13(9-11)17(20)21/h2-10,19H,1H3/b7-5+. The molecule has 0 spiro atoms. The minimum Gasteiger partial charge on any atom is -0.504 e. The monoisotopic (exact) mass is 299 g/mol. The highest BCUT2D eigenvalue weighted by molar-refractivity contribution is 6.07. The number of methoxy groups -OCH3 is 1. The van der Waals surface area contributed by atoms with E-state index in [1.807, 2.05) is 0 Å². The molecule has 0 aliphatic rings. The number of carbonyl (C=O) groups is 1. The van der Waals surface area contributed by atoms with E-state index in [4.69, 9.17) is 4.74 Å². The molecule has 2 aromatic rings. The van der Waals surface area contributed by atoms with Crippen LogP contribution >= 0.6 is 0 Å². The lowest BCUT2D eigenvalue weighted by Gasteiger charge is -2.04. The van der Waals surface area contributed by atoms with E-state index in [1.54, 1.807) is 12.1 Å². The third-order valence-electron chi connectivity index (χ3n) is 2.97. The van der Waals surface area contributed by atoms with E-state index in [0.29, 0.717) is 11.1 Å². The molecule has 0 saturated carbocycles. The second-order valence-electron chi connectivity index (χ2n) is 4.44. The summed E-state index contributed by atoms with van der Waals surface area (Å²) in [5.41, 5.74) is 0.852. The van der Waals surface area contributed by atoms with Crippen LogP contribution in [0.5, 0.6) is 11.5 Å². The second kappa shape index (κ2) is 6.53. The van der Waals surface area contributed by atoms with Gasteiger partial charge in [-0.05, 0) is 29.8 Å². The molecule has 2 aromatic carbocycles. The summed E-state index contributed by atoms with van der Waals surface area (Å²) in [4.78, 5) is 22.3. The average molecular weight is 299 g/mol. The summed E-state index contributed by atoms with van der Waals surface area (Å²) in [5, 5.41) is 20.2. The van der Waals surface area contributed by atoms with E-state index < -0.39 is 4.92 Å². The first kappa shape index (κ1) is 15.2. The van der Waals surface area contributed by atoms with Crippen molar-refractivity contribution in [3.05, 3.63) is 69.8 Å². The van der Waals surface area contributed by atoms with Crippen LogP contribution in [0.2, 0.25) is 0 Å². The van der Waals surface area contributed by atoms with Gasteiger partial charge in [-0.1, -0.05) is 18.2 Å². The third-order valence-corrected chi connectivity index (χ3v) is 2.97. The van der Waals surface area contributed by atoms with Crippen molar-refractivity contribution in [2.24, 2.45) is 0 Å². The summed E-state index contributed by atoms with van der Waals surface area (Å²) in [5.74, 6) is -0.152. The van der Waals surface area contributed by atoms with E-state index in [9.17, 15) is 20.0 Å². The number of hydrogen-bond acceptors (Lipinski definition) is 5. The average Bonchev–Trinajstić information content (AvgIpc) is 2.53. The van der Waals surface area contributed by atoms with Crippen LogP contribution < -0.4 is 4.74 Å². The van der Waals surface area contributed by atoms with E-state index in [1.165, 1.54) is 49.6 Å². The molecule has 0 atom stereocenters. The third kappa shape index (κ3) is 3.49. The molecular formula is C16H13NO5. The number of benzene rings is 2. The van der Waals surface area contributed by atoms with Crippen molar-refractivity contribution in [2.45, 2.75) is 0 Å². The number of allylic oxidation sites excluding steroid dienone is 1. The number of nitro groups is 1. The van der Waals surface area contributed by atoms with E-state index >= 15 is 0 Å². The molecule has 112 valence electrons. The van der Waals surface area contributed by atoms with Crippen molar-refractivity contribution in [1.82, 2.24) is 0 Å². The lowest BCUT2D eigenvalue weighted by molar-refractivity contribution is -0.384. The first-order valence-electron chi connectivity index (χ1n) is 6.35. The van der Waals surface area contributed by atoms with Gasteiger partial charge in [0.05, 0.1) is 12.0 Å². The predicted octanol–water partition coefficient (Wildman–Crippen LogP) is 3.21. The van der Waals surface area contributed by atoms with Crippen molar-refractivity contribution in [3.8, 4) is 11.5 Å². The summed E-state index contributed by atoms with van der Waals surface area (Å²) in [6.45, 7) is 0. The Hall–Kier alpha value is -3.15. The number of phenolic OH excluding ortho intramolecular Hbond substituents is 1. The van der Waals surface area contributed by atoms with Crippen LogP contribution in [0.1, 0.15) is 15.9 Å². The fourth-order valence-corrected chi connectivity index (χ4v) is 1.84. The van der Waals surface area contributed by atoms with Crippen LogP contribution in [0, 0.1) is 10.1 Å². The first-order chi connectivity index (χ1) is 10.5. The fraction of sp³-hybridized carbons (Fsp3) is 0.0625. The van der Waals surface area contributed by atoms with Crippen molar-refractivity contribution in [1.29, 1.82) is 0 Å². The molecule has 0 radical (unpaired) electrons. The number of carbonyl (C=O) groups excluding carboxylic acids is 1. The summed E-state index contributed by atoms with van der Waals surface area (Å²) in [6.07, 6.45) is 2.81. The van der Waals surface area contributed by atoms with Gasteiger partial charge in [-0.2, -0.15) is 0 Å². The van der Waals surface area contributed by atoms with Gasteiger partial charge >= 0.3 is 0 Å². The molecule has 2 rings (SSSR count). The van der Waals surface area contributed by atoms with Gasteiger partial charge in [0.25, 0.3) is 5.69 Å². The molecule has 22 heavy (non-hydrogen) atoms. The number of nitro benzene ring substituents is 1. The molecule has 0 aliphatic heterocycles. The summed E-state index contributed by atoms with van der Waals surface area (Å²) in [7, 11) is 1.39. The maximum absolute atomic E-state index is 12.1. The normalized spacial score (nSPS) is 10.6. The number of ether oxygens (including phenoxy) is 1. The highest BCUT2D eigenvalue weighted by Crippen LogP contribution is 2.26. The Morgan fingerprint density at radius 2 is 2.05 bits per heavy atom. The molecule has 6 heteroatoms. The SMILES string of the molecule is COc1cc(C(=O)/C=C/c2cccc([N+](=O)[O-])c2)ccc1O. The number of aromatic hydroxyl groups is 1. The van der Waals surface area contributed by atoms with Gasteiger partial charge in [0.2, 0.25) is 0 Å². The lowest BCUT2D eigenvalue weighted by atomic mass is 10.1. The van der Waals surface area contributed by atoms with Crippen molar-refractivity contribution < 1.29 is 19.6 Å². The molecule has 0 aliphatic carbocycles. The van der Waals surface area contributed by atoms with Crippen molar-refractivity contribution >= 4 is 17.5 Å². The number of hydrogen-bond donors (Lipinski definition) is 1. The van der Waals surface area contributed by atoms with E-state index in [0.717, 1.165) is 0 Å². The molecule has 6 nitrogen and oxygen atoms in total. The number of phenols is 1. The minimum absolute atomic E-state index is 0.0408. The van der Waals surface area contributed by atoms with Gasteiger partial charge in [-0.25, -0.2) is 0 Å². The van der Waals surface area contributed by atoms with Crippen LogP contribution in [-0.4, -0.2) is 22.9 Å². The Morgan fingerprint density at radius 3 is 2.73 bits per heavy atom. The highest BCUT2D eigenvalue weighted by Gasteiger charge is 2.08. The minimum atomic E-state index is -0.496. The summed E-state index contributed by atoms with van der Waals surface area (Å²) < 4.78 is 4.94. The van der Waals surface area contributed by atoms with Crippen LogP contribution in [0.4, 0.5) is 5.69 Å². The number of rotatable bonds is 5. The second-order valence-corrected chi connectivity index (χ2v) is 4.44. The maximum Gasteiger partial charge on any atom is 0.270 e. The molecule has 0 unspecified atom stereocenters. The smallest absolute Gasteiger partial charge is 0.270 e. The molecule has 0 amide bonds. The predicted molar refractivity (Wildman–Crippen MR) is 81.1 cm³/mol. The fourth-order valence-electron chi connectivity index (χ4n) is 1.84. The van der Waals surface area contributed by atoms with Crippen LogP contribution in [0.25, 0.3) is 6.08 Å². The lowest BCUT2D eigenvalue weighted by Crippen LogP contribution is -1.95. The van der Waals surface area contributed by atoms with E-state index in [2.05, 4.69) is 0 Å². The first-order valence-corrected chi connectivity index (χ1v) is 6.35. The van der Waals surface area contributed by atoms with Gasteiger partial charge in [-0.15, -0.1) is 0 Å². The Balaban J connectivity index is 2.21. The summed E-state index contributed by atoms with van der Waals surface area (Å²) in [6, 6.07) is 10.2. The number of nitrogens with zero attached hydrogens (tertiary/aromatic N) is 1. The van der Waals surface area contributed by atoms with Gasteiger partial charge in [0, 0.05) is 17.7 Å². The Morgan fingerprint density at radius 1 is 1.27 bits per heavy atom. The zero-order valence-corrected chi connectivity index (χ0v) is 11.7.